The van der Waals surface area contributed by atoms with Crippen LogP contribution in [-0.4, -0.2) is 49.4 Å². The van der Waals surface area contributed by atoms with Gasteiger partial charge >= 0.3 is 5.97 Å². The van der Waals surface area contributed by atoms with E-state index in [2.05, 4.69) is 5.32 Å². The molecule has 5 heteroatoms. The van der Waals surface area contributed by atoms with Crippen LogP contribution in [0, 0.1) is 0 Å². The molecule has 1 saturated carbocycles. The topological polar surface area (TPSA) is 47.6 Å². The van der Waals surface area contributed by atoms with Gasteiger partial charge in [0, 0.05) is 24.5 Å². The van der Waals surface area contributed by atoms with Crippen molar-refractivity contribution in [3.8, 4) is 0 Å². The average molecular weight is 273 g/mol. The highest BCUT2D eigenvalue weighted by atomic mass is 32.2. The largest absolute Gasteiger partial charge is 0.468 e. The Balaban J connectivity index is 1.65. The van der Waals surface area contributed by atoms with Gasteiger partial charge in [-0.15, -0.1) is 0 Å². The summed E-state index contributed by atoms with van der Waals surface area (Å²) < 4.78 is 10.2. The van der Waals surface area contributed by atoms with Crippen LogP contribution in [0.4, 0.5) is 0 Å². The lowest BCUT2D eigenvalue weighted by Gasteiger charge is -2.22. The minimum atomic E-state index is -0.116. The van der Waals surface area contributed by atoms with Crippen LogP contribution in [0.15, 0.2) is 0 Å². The molecule has 0 aromatic carbocycles. The maximum Gasteiger partial charge on any atom is 0.322 e. The summed E-state index contributed by atoms with van der Waals surface area (Å²) in [5.74, 6) is 0.902. The quantitative estimate of drug-likeness (QED) is 0.714. The Morgan fingerprint density at radius 1 is 1.39 bits per heavy atom. The summed E-state index contributed by atoms with van der Waals surface area (Å²) in [6.45, 7) is 1.77. The Labute approximate surface area is 113 Å². The first-order valence-electron chi connectivity index (χ1n) is 6.83. The molecule has 1 aliphatic carbocycles. The van der Waals surface area contributed by atoms with Crippen LogP contribution in [0.25, 0.3) is 0 Å². The van der Waals surface area contributed by atoms with E-state index in [-0.39, 0.29) is 12.0 Å². The molecular weight excluding hydrogens is 250 g/mol. The first-order valence-corrected chi connectivity index (χ1v) is 7.87. The maximum atomic E-state index is 11.6. The molecule has 18 heavy (non-hydrogen) atoms. The van der Waals surface area contributed by atoms with Gasteiger partial charge in [-0.3, -0.25) is 4.79 Å². The highest BCUT2D eigenvalue weighted by Gasteiger charge is 2.28. The molecule has 1 saturated heterocycles. The summed E-state index contributed by atoms with van der Waals surface area (Å²) in [5, 5.41) is 4.07. The monoisotopic (exact) mass is 273 g/mol. The predicted octanol–water partition coefficient (Wildman–Crippen LogP) is 1.58. The second-order valence-electron chi connectivity index (χ2n) is 4.99. The first kappa shape index (κ1) is 14.2. The molecule has 0 bridgehead atoms. The smallest absolute Gasteiger partial charge is 0.322 e. The molecule has 1 unspecified atom stereocenters. The lowest BCUT2D eigenvalue weighted by molar-refractivity contribution is -0.143. The standard InChI is InChI=1S/C13H23NO3S/c1-16-13(15)12(14-10-2-3-10)6-9-18-11-4-7-17-8-5-11/h10-12,14H,2-9H2,1H3. The fraction of sp³-hybridized carbons (Fsp3) is 0.923. The zero-order valence-electron chi connectivity index (χ0n) is 11.0. The molecule has 4 nitrogen and oxygen atoms in total. The summed E-state index contributed by atoms with van der Waals surface area (Å²) in [6.07, 6.45) is 5.54. The van der Waals surface area contributed by atoms with E-state index in [1.807, 2.05) is 11.8 Å². The number of hydrogen-bond acceptors (Lipinski definition) is 5. The van der Waals surface area contributed by atoms with Crippen LogP contribution in [-0.2, 0) is 14.3 Å². The molecule has 104 valence electrons. The number of hydrogen-bond donors (Lipinski definition) is 1. The van der Waals surface area contributed by atoms with Crippen LogP contribution in [0.2, 0.25) is 0 Å². The van der Waals surface area contributed by atoms with E-state index in [9.17, 15) is 4.79 Å². The molecule has 0 radical (unpaired) electrons. The molecule has 0 aromatic rings. The normalized spacial score (nSPS) is 22.7. The fourth-order valence-corrected chi connectivity index (χ4v) is 3.37. The van der Waals surface area contributed by atoms with Gasteiger partial charge in [0.25, 0.3) is 0 Å². The van der Waals surface area contributed by atoms with E-state index < -0.39 is 0 Å². The van der Waals surface area contributed by atoms with E-state index in [0.717, 1.165) is 38.2 Å². The van der Waals surface area contributed by atoms with E-state index in [1.54, 1.807) is 0 Å². The van der Waals surface area contributed by atoms with Crippen molar-refractivity contribution in [3.05, 3.63) is 0 Å². The minimum absolute atomic E-state index is 0.116. The Hall–Kier alpha value is -0.260. The predicted molar refractivity (Wildman–Crippen MR) is 72.9 cm³/mol. The third kappa shape index (κ3) is 4.78. The van der Waals surface area contributed by atoms with Crippen molar-refractivity contribution in [2.75, 3.05) is 26.1 Å². The molecule has 1 heterocycles. The molecule has 2 aliphatic rings. The maximum absolute atomic E-state index is 11.6. The average Bonchev–Trinajstić information content (AvgIpc) is 3.22. The van der Waals surface area contributed by atoms with Crippen LogP contribution < -0.4 is 5.32 Å². The summed E-state index contributed by atoms with van der Waals surface area (Å²) >= 11 is 1.97. The molecule has 2 fully saturated rings. The van der Waals surface area contributed by atoms with Gasteiger partial charge in [-0.1, -0.05) is 0 Å². The summed E-state index contributed by atoms with van der Waals surface area (Å²) in [6, 6.07) is 0.428. The van der Waals surface area contributed by atoms with Crippen molar-refractivity contribution < 1.29 is 14.3 Å². The Kier molecular flexibility index (Phi) is 5.79. The van der Waals surface area contributed by atoms with Gasteiger partial charge < -0.3 is 14.8 Å². The van der Waals surface area contributed by atoms with Gasteiger partial charge in [-0.25, -0.2) is 0 Å². The lowest BCUT2D eigenvalue weighted by atomic mass is 10.2. The van der Waals surface area contributed by atoms with Crippen LogP contribution >= 0.6 is 11.8 Å². The van der Waals surface area contributed by atoms with Crippen molar-refractivity contribution >= 4 is 17.7 Å². The van der Waals surface area contributed by atoms with Crippen LogP contribution in [0.1, 0.15) is 32.1 Å². The molecule has 0 aromatic heterocycles. The number of carbonyl (C=O) groups is 1. The molecule has 1 aliphatic heterocycles. The molecular formula is C13H23NO3S. The van der Waals surface area contributed by atoms with Gasteiger partial charge in [0.15, 0.2) is 0 Å². The third-order valence-corrected chi connectivity index (χ3v) is 4.84. The van der Waals surface area contributed by atoms with Crippen molar-refractivity contribution in [1.29, 1.82) is 0 Å². The van der Waals surface area contributed by atoms with E-state index in [0.29, 0.717) is 11.3 Å². The van der Waals surface area contributed by atoms with Crippen molar-refractivity contribution in [2.24, 2.45) is 0 Å². The van der Waals surface area contributed by atoms with E-state index >= 15 is 0 Å². The number of nitrogens with one attached hydrogen (secondary N) is 1. The number of methoxy groups -OCH3 is 1. The van der Waals surface area contributed by atoms with Crippen molar-refractivity contribution in [1.82, 2.24) is 5.32 Å². The highest BCUT2D eigenvalue weighted by Crippen LogP contribution is 2.24. The number of carbonyl (C=O) groups excluding carboxylic acids is 1. The van der Waals surface area contributed by atoms with Crippen LogP contribution in [0.3, 0.4) is 0 Å². The van der Waals surface area contributed by atoms with Gasteiger partial charge in [-0.2, -0.15) is 11.8 Å². The molecule has 1 N–H and O–H groups in total. The van der Waals surface area contributed by atoms with Gasteiger partial charge in [-0.05, 0) is 37.9 Å². The molecule has 2 rings (SSSR count). The van der Waals surface area contributed by atoms with Gasteiger partial charge in [0.2, 0.25) is 0 Å². The summed E-state index contributed by atoms with van der Waals surface area (Å²) in [7, 11) is 1.47. The lowest BCUT2D eigenvalue weighted by Crippen LogP contribution is -2.39. The van der Waals surface area contributed by atoms with Crippen molar-refractivity contribution in [2.45, 2.75) is 49.4 Å². The van der Waals surface area contributed by atoms with E-state index in [4.69, 9.17) is 9.47 Å². The Bertz CT molecular complexity index is 265. The number of rotatable bonds is 7. The van der Waals surface area contributed by atoms with Crippen molar-refractivity contribution in [3.63, 3.8) is 0 Å². The van der Waals surface area contributed by atoms with Gasteiger partial charge in [0.05, 0.1) is 7.11 Å². The number of esters is 1. The Morgan fingerprint density at radius 3 is 2.72 bits per heavy atom. The zero-order chi connectivity index (χ0) is 12.8. The van der Waals surface area contributed by atoms with Crippen LogP contribution in [0.5, 0.6) is 0 Å². The molecule has 0 spiro atoms. The summed E-state index contributed by atoms with van der Waals surface area (Å²) in [5.41, 5.74) is 0. The first-order chi connectivity index (χ1) is 8.79. The number of ether oxygens (including phenoxy) is 2. The fourth-order valence-electron chi connectivity index (χ4n) is 2.14. The highest BCUT2D eigenvalue weighted by molar-refractivity contribution is 7.99. The number of thioether (sulfide) groups is 1. The molecule has 1 atom stereocenters. The molecule has 0 amide bonds. The van der Waals surface area contributed by atoms with E-state index in [1.165, 1.54) is 20.0 Å². The second kappa shape index (κ2) is 7.36. The third-order valence-electron chi connectivity index (χ3n) is 3.43. The Morgan fingerprint density at radius 2 is 2.11 bits per heavy atom. The zero-order valence-corrected chi connectivity index (χ0v) is 11.8. The SMILES string of the molecule is COC(=O)C(CCSC1CCOCC1)NC1CC1. The second-order valence-corrected chi connectivity index (χ2v) is 6.40. The minimum Gasteiger partial charge on any atom is -0.468 e. The van der Waals surface area contributed by atoms with Gasteiger partial charge in [0.1, 0.15) is 6.04 Å². The summed E-state index contributed by atoms with van der Waals surface area (Å²) in [4.78, 5) is 11.6.